The second-order valence-electron chi connectivity index (χ2n) is 9.64. The molecule has 1 atom stereocenters. The van der Waals surface area contributed by atoms with Crippen LogP contribution in [0.5, 0.6) is 5.75 Å². The highest BCUT2D eigenvalue weighted by molar-refractivity contribution is 5.97. The third-order valence-electron chi connectivity index (χ3n) is 7.17. The minimum atomic E-state index is -2.61. The predicted molar refractivity (Wildman–Crippen MR) is 128 cm³/mol. The molecule has 1 N–H and O–H groups in total. The number of aromatic nitrogens is 1. The molecule has 3 aromatic rings. The molecule has 2 aromatic carbocycles. The summed E-state index contributed by atoms with van der Waals surface area (Å²) in [6, 6.07) is 12.7. The Morgan fingerprint density at radius 1 is 1.21 bits per heavy atom. The van der Waals surface area contributed by atoms with Gasteiger partial charge >= 0.3 is 0 Å². The number of likely N-dealkylation sites (tertiary alicyclic amines) is 1. The molecule has 178 valence electrons. The lowest BCUT2D eigenvalue weighted by atomic mass is 9.95. The number of hydrogen-bond acceptors (Lipinski definition) is 4. The van der Waals surface area contributed by atoms with E-state index in [1.165, 1.54) is 12.1 Å². The van der Waals surface area contributed by atoms with Crippen LogP contribution in [-0.4, -0.2) is 42.0 Å². The first-order chi connectivity index (χ1) is 16.3. The summed E-state index contributed by atoms with van der Waals surface area (Å²) >= 11 is 0. The monoisotopic (exact) mass is 465 g/mol. The first-order valence-corrected chi connectivity index (χ1v) is 11.7. The lowest BCUT2D eigenvalue weighted by Crippen LogP contribution is -2.48. The number of rotatable bonds is 7. The number of ether oxygens (including phenoxy) is 1. The first-order valence-electron chi connectivity index (χ1n) is 11.7. The average molecular weight is 466 g/mol. The van der Waals surface area contributed by atoms with Gasteiger partial charge in [-0.2, -0.15) is 0 Å². The molecule has 7 heteroatoms. The van der Waals surface area contributed by atoms with E-state index in [1.807, 2.05) is 38.1 Å². The van der Waals surface area contributed by atoms with E-state index in [1.54, 1.807) is 6.07 Å². The molecular weight excluding hydrogens is 436 g/mol. The maximum atomic E-state index is 13.7. The van der Waals surface area contributed by atoms with Gasteiger partial charge in [-0.1, -0.05) is 12.1 Å². The fourth-order valence-electron chi connectivity index (χ4n) is 4.66. The zero-order valence-electron chi connectivity index (χ0n) is 19.7. The maximum Gasteiger partial charge on any atom is 0.263 e. The molecule has 0 unspecified atom stereocenters. The standard InChI is InChI=1S/C27H29F2N3O2/c1-16-4-6-20(34-15-19-8-11-32(19)3)14-22(16)26(33)31-27(9-10-27)23-12-18(25(28)29)13-24-21(23)7-5-17(2)30-24/h4-7,12-14,19,25H,8-11,15H2,1-3H3,(H,31,33)/t19-/m0/s1. The van der Waals surface area contributed by atoms with E-state index in [0.29, 0.717) is 47.9 Å². The molecular formula is C27H29F2N3O2. The maximum absolute atomic E-state index is 13.7. The van der Waals surface area contributed by atoms with Crippen LogP contribution in [0.1, 0.15) is 58.4 Å². The number of alkyl halides is 2. The first kappa shape index (κ1) is 22.7. The number of carbonyl (C=O) groups excluding carboxylic acids is 1. The number of halogens is 2. The summed E-state index contributed by atoms with van der Waals surface area (Å²) in [5.41, 5.74) is 2.63. The Balaban J connectivity index is 1.42. The van der Waals surface area contributed by atoms with E-state index in [0.717, 1.165) is 29.6 Å². The van der Waals surface area contributed by atoms with Crippen LogP contribution in [0.3, 0.4) is 0 Å². The summed E-state index contributed by atoms with van der Waals surface area (Å²) in [5.74, 6) is 0.433. The molecule has 5 rings (SSSR count). The Kier molecular flexibility index (Phi) is 5.76. The minimum Gasteiger partial charge on any atom is -0.492 e. The predicted octanol–water partition coefficient (Wildman–Crippen LogP) is 5.29. The number of benzene rings is 2. The van der Waals surface area contributed by atoms with Gasteiger partial charge in [0.2, 0.25) is 0 Å². The molecule has 34 heavy (non-hydrogen) atoms. The van der Waals surface area contributed by atoms with Gasteiger partial charge < -0.3 is 10.1 Å². The van der Waals surface area contributed by atoms with Crippen LogP contribution in [0.25, 0.3) is 10.9 Å². The second-order valence-corrected chi connectivity index (χ2v) is 9.64. The average Bonchev–Trinajstić information content (AvgIpc) is 3.58. The summed E-state index contributed by atoms with van der Waals surface area (Å²) < 4.78 is 33.3. The highest BCUT2D eigenvalue weighted by Crippen LogP contribution is 2.49. The molecule has 1 saturated heterocycles. The molecule has 1 aliphatic heterocycles. The Hall–Kier alpha value is -3.06. The van der Waals surface area contributed by atoms with Crippen LogP contribution < -0.4 is 10.1 Å². The number of nitrogens with one attached hydrogen (secondary N) is 1. The van der Waals surface area contributed by atoms with Crippen molar-refractivity contribution in [3.05, 3.63) is 70.4 Å². The van der Waals surface area contributed by atoms with Gasteiger partial charge in [0, 0.05) is 28.2 Å². The smallest absolute Gasteiger partial charge is 0.263 e. The molecule has 2 aliphatic rings. The van der Waals surface area contributed by atoms with Crippen molar-refractivity contribution < 1.29 is 18.3 Å². The van der Waals surface area contributed by atoms with Crippen LogP contribution >= 0.6 is 0 Å². The molecule has 1 saturated carbocycles. The van der Waals surface area contributed by atoms with Gasteiger partial charge in [-0.05, 0) is 88.2 Å². The SMILES string of the molecule is Cc1ccc2c(C3(NC(=O)c4cc(OC[C@@H]5CCN5C)ccc4C)CC3)cc(C(F)F)cc2n1. The van der Waals surface area contributed by atoms with Crippen LogP contribution in [0, 0.1) is 13.8 Å². The van der Waals surface area contributed by atoms with Crippen molar-refractivity contribution in [2.75, 3.05) is 20.2 Å². The Morgan fingerprint density at radius 2 is 2.00 bits per heavy atom. The number of likely N-dealkylation sites (N-methyl/N-ethyl adjacent to an activating group) is 1. The zero-order chi connectivity index (χ0) is 24.0. The molecule has 2 heterocycles. The molecule has 1 aromatic heterocycles. The Bertz CT molecular complexity index is 1260. The van der Waals surface area contributed by atoms with Crippen molar-refractivity contribution in [3.63, 3.8) is 0 Å². The van der Waals surface area contributed by atoms with Gasteiger partial charge in [0.25, 0.3) is 12.3 Å². The molecule has 5 nitrogen and oxygen atoms in total. The lowest BCUT2D eigenvalue weighted by Gasteiger charge is -2.37. The molecule has 1 amide bonds. The Labute approximate surface area is 198 Å². The molecule has 2 fully saturated rings. The van der Waals surface area contributed by atoms with Crippen LogP contribution in [0.2, 0.25) is 0 Å². The molecule has 0 bridgehead atoms. The lowest BCUT2D eigenvalue weighted by molar-refractivity contribution is 0.0767. The summed E-state index contributed by atoms with van der Waals surface area (Å²) in [5, 5.41) is 3.96. The fraction of sp³-hybridized carbons (Fsp3) is 0.407. The van der Waals surface area contributed by atoms with Crippen molar-refractivity contribution in [3.8, 4) is 5.75 Å². The van der Waals surface area contributed by atoms with Crippen molar-refractivity contribution >= 4 is 16.8 Å². The van der Waals surface area contributed by atoms with Crippen LogP contribution in [0.15, 0.2) is 42.5 Å². The van der Waals surface area contributed by atoms with Crippen molar-refractivity contribution in [1.82, 2.24) is 15.2 Å². The highest BCUT2D eigenvalue weighted by Gasteiger charge is 2.47. The van der Waals surface area contributed by atoms with E-state index in [2.05, 4.69) is 22.2 Å². The number of hydrogen-bond donors (Lipinski definition) is 1. The van der Waals surface area contributed by atoms with Crippen molar-refractivity contribution in [1.29, 1.82) is 0 Å². The van der Waals surface area contributed by atoms with E-state index >= 15 is 0 Å². The minimum absolute atomic E-state index is 0.0753. The number of fused-ring (bicyclic) bond motifs is 1. The van der Waals surface area contributed by atoms with Gasteiger partial charge in [0.05, 0.1) is 11.1 Å². The van der Waals surface area contributed by atoms with Gasteiger partial charge in [0.15, 0.2) is 0 Å². The summed E-state index contributed by atoms with van der Waals surface area (Å²) in [6.07, 6.45) is -0.115. The molecule has 1 aliphatic carbocycles. The quantitative estimate of drug-likeness (QED) is 0.515. The van der Waals surface area contributed by atoms with Crippen LogP contribution in [-0.2, 0) is 5.54 Å². The topological polar surface area (TPSA) is 54.5 Å². The fourth-order valence-corrected chi connectivity index (χ4v) is 4.66. The summed E-state index contributed by atoms with van der Waals surface area (Å²) in [7, 11) is 2.07. The number of pyridine rings is 1. The zero-order valence-corrected chi connectivity index (χ0v) is 19.7. The third kappa shape index (κ3) is 4.25. The second kappa shape index (κ2) is 8.62. The molecule has 0 radical (unpaired) electrons. The van der Waals surface area contributed by atoms with E-state index in [-0.39, 0.29) is 11.5 Å². The van der Waals surface area contributed by atoms with Gasteiger partial charge in [0.1, 0.15) is 12.4 Å². The normalized spacial score (nSPS) is 19.2. The van der Waals surface area contributed by atoms with E-state index in [9.17, 15) is 13.6 Å². The number of aryl methyl sites for hydroxylation is 2. The van der Waals surface area contributed by atoms with Crippen molar-refractivity contribution in [2.45, 2.75) is 51.1 Å². The highest BCUT2D eigenvalue weighted by atomic mass is 19.3. The van der Waals surface area contributed by atoms with E-state index in [4.69, 9.17) is 4.74 Å². The number of amides is 1. The van der Waals surface area contributed by atoms with Gasteiger partial charge in [-0.25, -0.2) is 8.78 Å². The van der Waals surface area contributed by atoms with E-state index < -0.39 is 12.0 Å². The van der Waals surface area contributed by atoms with Gasteiger partial charge in [-0.15, -0.1) is 0 Å². The number of carbonyl (C=O) groups is 1. The molecule has 0 spiro atoms. The Morgan fingerprint density at radius 3 is 2.65 bits per heavy atom. The largest absolute Gasteiger partial charge is 0.492 e. The third-order valence-corrected chi connectivity index (χ3v) is 7.17. The van der Waals surface area contributed by atoms with Crippen LogP contribution in [0.4, 0.5) is 8.78 Å². The number of nitrogens with zero attached hydrogens (tertiary/aromatic N) is 2. The van der Waals surface area contributed by atoms with Gasteiger partial charge in [-0.3, -0.25) is 14.7 Å². The summed E-state index contributed by atoms with van der Waals surface area (Å²) in [4.78, 5) is 20.1. The van der Waals surface area contributed by atoms with Crippen molar-refractivity contribution in [2.24, 2.45) is 0 Å². The summed E-state index contributed by atoms with van der Waals surface area (Å²) in [6.45, 7) is 5.39.